The first-order valence-corrected chi connectivity index (χ1v) is 8.59. The minimum absolute atomic E-state index is 0.131. The number of aliphatic hydroxyl groups is 2. The number of hydrogen-bond donors (Lipinski definition) is 2. The molecular formula is C19H20N6O2. The van der Waals surface area contributed by atoms with Crippen molar-refractivity contribution < 1.29 is 10.2 Å². The average Bonchev–Trinajstić information content (AvgIpc) is 3.29. The maximum atomic E-state index is 10.7. The second-order valence-corrected chi connectivity index (χ2v) is 6.54. The van der Waals surface area contributed by atoms with E-state index >= 15 is 0 Å². The fraction of sp³-hybridized carbons (Fsp3) is 0.263. The van der Waals surface area contributed by atoms with E-state index in [-0.39, 0.29) is 5.82 Å². The predicted octanol–water partition coefficient (Wildman–Crippen LogP) is 1.91. The number of imidazole rings is 1. The molecule has 0 amide bonds. The molecule has 4 aromatic rings. The van der Waals surface area contributed by atoms with Gasteiger partial charge in [-0.3, -0.25) is 4.98 Å². The molecule has 3 heterocycles. The first-order chi connectivity index (χ1) is 13.0. The zero-order valence-corrected chi connectivity index (χ0v) is 15.3. The number of aromatic nitrogens is 6. The third-order valence-electron chi connectivity index (χ3n) is 4.54. The van der Waals surface area contributed by atoms with Crippen LogP contribution in [0.4, 0.5) is 0 Å². The Kier molecular flexibility index (Phi) is 4.21. The quantitative estimate of drug-likeness (QED) is 0.574. The van der Waals surface area contributed by atoms with E-state index in [1.807, 2.05) is 50.4 Å². The lowest BCUT2D eigenvalue weighted by atomic mass is 10.1. The second kappa shape index (κ2) is 6.57. The molecule has 138 valence electrons. The molecule has 0 radical (unpaired) electrons. The predicted molar refractivity (Wildman–Crippen MR) is 98.8 cm³/mol. The Morgan fingerprint density at radius 3 is 2.44 bits per heavy atom. The molecule has 0 fully saturated rings. The van der Waals surface area contributed by atoms with Gasteiger partial charge in [0.1, 0.15) is 18.0 Å². The molecule has 0 bridgehead atoms. The third kappa shape index (κ3) is 2.98. The van der Waals surface area contributed by atoms with Crippen molar-refractivity contribution in [2.75, 3.05) is 0 Å². The Morgan fingerprint density at radius 1 is 1.00 bits per heavy atom. The molecule has 0 saturated heterocycles. The number of aliphatic hydroxyl groups excluding tert-OH is 2. The van der Waals surface area contributed by atoms with E-state index in [1.54, 1.807) is 22.3 Å². The van der Waals surface area contributed by atoms with Crippen molar-refractivity contribution in [1.82, 2.24) is 29.1 Å². The van der Waals surface area contributed by atoms with Gasteiger partial charge in [0, 0.05) is 25.0 Å². The molecule has 0 saturated carbocycles. The lowest BCUT2D eigenvalue weighted by Gasteiger charge is -2.14. The summed E-state index contributed by atoms with van der Waals surface area (Å²) in [6.45, 7) is 3.67. The average molecular weight is 364 g/mol. The second-order valence-electron chi connectivity index (χ2n) is 6.54. The highest BCUT2D eigenvalue weighted by Crippen LogP contribution is 2.29. The van der Waals surface area contributed by atoms with Gasteiger partial charge >= 0.3 is 0 Å². The summed E-state index contributed by atoms with van der Waals surface area (Å²) in [6, 6.07) is 9.66. The first kappa shape index (κ1) is 17.3. The summed E-state index contributed by atoms with van der Waals surface area (Å²) in [4.78, 5) is 13.1. The van der Waals surface area contributed by atoms with Gasteiger partial charge in [0.15, 0.2) is 11.5 Å². The van der Waals surface area contributed by atoms with E-state index < -0.39 is 12.2 Å². The lowest BCUT2D eigenvalue weighted by Crippen LogP contribution is -2.16. The molecule has 4 rings (SSSR count). The summed E-state index contributed by atoms with van der Waals surface area (Å²) < 4.78 is 3.31. The molecule has 8 heteroatoms. The highest BCUT2D eigenvalue weighted by Gasteiger charge is 2.28. The van der Waals surface area contributed by atoms with Crippen molar-refractivity contribution >= 4 is 5.65 Å². The van der Waals surface area contributed by atoms with Gasteiger partial charge in [0.2, 0.25) is 0 Å². The van der Waals surface area contributed by atoms with Crippen LogP contribution in [-0.2, 0) is 7.05 Å². The van der Waals surface area contributed by atoms with Crippen LogP contribution in [0.15, 0.2) is 42.7 Å². The van der Waals surface area contributed by atoms with Gasteiger partial charge in [0.05, 0.1) is 17.1 Å². The summed E-state index contributed by atoms with van der Waals surface area (Å²) in [5.74, 6) is 0.470. The van der Waals surface area contributed by atoms with Gasteiger partial charge in [-0.1, -0.05) is 30.3 Å². The van der Waals surface area contributed by atoms with Crippen LogP contribution in [0, 0.1) is 13.8 Å². The Morgan fingerprint density at radius 2 is 1.74 bits per heavy atom. The topological polar surface area (TPSA) is 101 Å². The highest BCUT2D eigenvalue weighted by molar-refractivity contribution is 5.58. The maximum Gasteiger partial charge on any atom is 0.183 e. The Balaban J connectivity index is 1.69. The zero-order chi connectivity index (χ0) is 19.1. The molecule has 2 N–H and O–H groups in total. The molecule has 3 aromatic heterocycles. The molecule has 1 aromatic carbocycles. The number of fused-ring (bicyclic) bond motifs is 1. The number of aryl methyl sites for hydroxylation is 3. The van der Waals surface area contributed by atoms with Gasteiger partial charge < -0.3 is 14.8 Å². The number of hydrogen-bond acceptors (Lipinski definition) is 6. The smallest absolute Gasteiger partial charge is 0.183 e. The number of nitrogens with zero attached hydrogens (tertiary/aromatic N) is 6. The Labute approximate surface area is 155 Å². The van der Waals surface area contributed by atoms with E-state index in [0.29, 0.717) is 17.2 Å². The van der Waals surface area contributed by atoms with Crippen molar-refractivity contribution in [3.8, 4) is 11.3 Å². The zero-order valence-electron chi connectivity index (χ0n) is 15.3. The fourth-order valence-electron chi connectivity index (χ4n) is 3.02. The standard InChI is InChI=1S/C19H20N6O2/c1-11-9-20-12(2)18-22-17(23-25(11)18)15(26)16(27)19-21-14(10-24(19)3)13-7-5-4-6-8-13/h4-10,15-16,26-27H,1-3H3. The van der Waals surface area contributed by atoms with Gasteiger partial charge in [-0.2, -0.15) is 0 Å². The normalized spacial score (nSPS) is 13.8. The van der Waals surface area contributed by atoms with Gasteiger partial charge in [-0.05, 0) is 13.8 Å². The van der Waals surface area contributed by atoms with Crippen LogP contribution in [0.25, 0.3) is 16.9 Å². The first-order valence-electron chi connectivity index (χ1n) is 8.59. The van der Waals surface area contributed by atoms with Crippen molar-refractivity contribution in [3.05, 3.63) is 65.8 Å². The minimum Gasteiger partial charge on any atom is -0.382 e. The third-order valence-corrected chi connectivity index (χ3v) is 4.54. The molecule has 2 atom stereocenters. The van der Waals surface area contributed by atoms with Crippen molar-refractivity contribution in [2.24, 2.45) is 7.05 Å². The molecule has 2 unspecified atom stereocenters. The monoisotopic (exact) mass is 364 g/mol. The van der Waals surface area contributed by atoms with Crippen LogP contribution in [0.2, 0.25) is 0 Å². The van der Waals surface area contributed by atoms with E-state index in [0.717, 1.165) is 17.0 Å². The molecule has 27 heavy (non-hydrogen) atoms. The summed E-state index contributed by atoms with van der Waals surface area (Å²) in [6.07, 6.45) is 0.927. The summed E-state index contributed by atoms with van der Waals surface area (Å²) in [5.41, 5.74) is 3.70. The van der Waals surface area contributed by atoms with Gasteiger partial charge in [-0.25, -0.2) is 14.5 Å². The van der Waals surface area contributed by atoms with Crippen LogP contribution in [0.1, 0.15) is 35.2 Å². The summed E-state index contributed by atoms with van der Waals surface area (Å²) in [7, 11) is 1.78. The largest absolute Gasteiger partial charge is 0.382 e. The summed E-state index contributed by atoms with van der Waals surface area (Å²) >= 11 is 0. The number of rotatable bonds is 4. The van der Waals surface area contributed by atoms with E-state index in [2.05, 4.69) is 20.1 Å². The lowest BCUT2D eigenvalue weighted by molar-refractivity contribution is 0.00511. The molecule has 8 nitrogen and oxygen atoms in total. The van der Waals surface area contributed by atoms with Crippen LogP contribution in [0.3, 0.4) is 0 Å². The fourth-order valence-corrected chi connectivity index (χ4v) is 3.02. The van der Waals surface area contributed by atoms with Crippen molar-refractivity contribution in [1.29, 1.82) is 0 Å². The van der Waals surface area contributed by atoms with Crippen LogP contribution < -0.4 is 0 Å². The molecule has 0 aliphatic carbocycles. The van der Waals surface area contributed by atoms with Crippen LogP contribution >= 0.6 is 0 Å². The van der Waals surface area contributed by atoms with Crippen molar-refractivity contribution in [2.45, 2.75) is 26.1 Å². The maximum absolute atomic E-state index is 10.7. The van der Waals surface area contributed by atoms with Gasteiger partial charge in [0.25, 0.3) is 0 Å². The van der Waals surface area contributed by atoms with Crippen LogP contribution in [-0.4, -0.2) is 39.3 Å². The van der Waals surface area contributed by atoms with Crippen molar-refractivity contribution in [3.63, 3.8) is 0 Å². The molecule has 0 aliphatic rings. The van der Waals surface area contributed by atoms with Gasteiger partial charge in [-0.15, -0.1) is 5.10 Å². The number of benzene rings is 1. The minimum atomic E-state index is -1.31. The van der Waals surface area contributed by atoms with Crippen LogP contribution in [0.5, 0.6) is 0 Å². The van der Waals surface area contributed by atoms with E-state index in [1.165, 1.54) is 0 Å². The Hall–Kier alpha value is -3.10. The van der Waals surface area contributed by atoms with E-state index in [9.17, 15) is 10.2 Å². The molecular weight excluding hydrogens is 344 g/mol. The highest BCUT2D eigenvalue weighted by atomic mass is 16.3. The summed E-state index contributed by atoms with van der Waals surface area (Å²) in [5, 5.41) is 25.7. The van der Waals surface area contributed by atoms with E-state index in [4.69, 9.17) is 0 Å². The Bertz CT molecular complexity index is 1060. The SMILES string of the molecule is Cc1ncc(C)n2nc(C(O)C(O)c3nc(-c4ccccc4)cn3C)nc12. The molecule has 0 aliphatic heterocycles. The molecule has 0 spiro atoms.